The van der Waals surface area contributed by atoms with E-state index in [9.17, 15) is 9.59 Å². The highest BCUT2D eigenvalue weighted by Gasteiger charge is 2.50. The summed E-state index contributed by atoms with van der Waals surface area (Å²) in [6.07, 6.45) is 0.463. The van der Waals surface area contributed by atoms with E-state index in [0.717, 1.165) is 5.56 Å². The van der Waals surface area contributed by atoms with Crippen LogP contribution in [0.2, 0.25) is 10.0 Å². The molecular weight excluding hydrogens is 434 g/mol. The SMILES string of the molecule is CC1=CC(=O)[C@](Cl)(C(C)C)[C@H](Cl)/C1=N\OC(=O)Nc1cc(Cl)c(C)cc1Cl. The molecule has 0 aliphatic heterocycles. The maximum absolute atomic E-state index is 12.3. The molecule has 27 heavy (non-hydrogen) atoms. The Balaban J connectivity index is 2.21. The van der Waals surface area contributed by atoms with Gasteiger partial charge in [0.25, 0.3) is 0 Å². The van der Waals surface area contributed by atoms with Gasteiger partial charge < -0.3 is 0 Å². The normalized spacial score (nSPS) is 24.2. The van der Waals surface area contributed by atoms with Crippen molar-refractivity contribution in [3.63, 3.8) is 0 Å². The zero-order valence-corrected chi connectivity index (χ0v) is 18.1. The molecule has 0 saturated carbocycles. The summed E-state index contributed by atoms with van der Waals surface area (Å²) < 4.78 is 0. The number of anilines is 1. The predicted octanol–water partition coefficient (Wildman–Crippen LogP) is 5.98. The maximum atomic E-state index is 12.3. The van der Waals surface area contributed by atoms with E-state index >= 15 is 0 Å². The molecule has 0 heterocycles. The molecule has 9 heteroatoms. The number of carbonyl (C=O) groups excluding carboxylic acids is 2. The Labute approximate surface area is 177 Å². The third-order valence-corrected chi connectivity index (χ3v) is 6.51. The minimum atomic E-state index is -1.37. The lowest BCUT2D eigenvalue weighted by Gasteiger charge is -2.36. The first-order valence-electron chi connectivity index (χ1n) is 8.06. The second-order valence-corrected chi connectivity index (χ2v) is 8.41. The number of benzene rings is 1. The van der Waals surface area contributed by atoms with Gasteiger partial charge in [-0.15, -0.1) is 23.2 Å². The standard InChI is InChI=1S/C18H18Cl4N2O3/c1-8(2)18(22)14(25)6-10(4)15(16(18)21)24-27-17(26)23-13-7-11(19)9(3)5-12(13)20/h5-8,16H,1-4H3,(H,23,26)/b24-15-/t16-,18-/m1/s1. The Morgan fingerprint density at radius 2 is 1.89 bits per heavy atom. The topological polar surface area (TPSA) is 67.8 Å². The number of allylic oxidation sites excluding steroid dienone is 2. The molecule has 0 spiro atoms. The Kier molecular flexibility index (Phi) is 6.85. The summed E-state index contributed by atoms with van der Waals surface area (Å²) in [7, 11) is 0. The molecule has 0 saturated heterocycles. The second kappa shape index (κ2) is 8.39. The monoisotopic (exact) mass is 450 g/mol. The Bertz CT molecular complexity index is 851. The number of hydrogen-bond acceptors (Lipinski definition) is 4. The number of amides is 1. The summed E-state index contributed by atoms with van der Waals surface area (Å²) in [5, 5.41) is 6.05. The van der Waals surface area contributed by atoms with Crippen molar-refractivity contribution in [1.29, 1.82) is 0 Å². The highest BCUT2D eigenvalue weighted by atomic mass is 35.5. The van der Waals surface area contributed by atoms with Crippen molar-refractivity contribution in [1.82, 2.24) is 0 Å². The number of hydrogen-bond donors (Lipinski definition) is 1. The summed E-state index contributed by atoms with van der Waals surface area (Å²) >= 11 is 25.0. The van der Waals surface area contributed by atoms with Crippen LogP contribution in [0.3, 0.4) is 0 Å². The van der Waals surface area contributed by atoms with E-state index in [0.29, 0.717) is 15.6 Å². The first-order valence-corrected chi connectivity index (χ1v) is 9.63. The quantitative estimate of drug-likeness (QED) is 0.349. The van der Waals surface area contributed by atoms with Crippen LogP contribution < -0.4 is 5.32 Å². The predicted molar refractivity (Wildman–Crippen MR) is 111 cm³/mol. The van der Waals surface area contributed by atoms with E-state index in [2.05, 4.69) is 10.5 Å². The van der Waals surface area contributed by atoms with Gasteiger partial charge in [0, 0.05) is 5.02 Å². The third-order valence-electron chi connectivity index (χ3n) is 4.29. The van der Waals surface area contributed by atoms with Crippen LogP contribution in [0, 0.1) is 12.8 Å². The average Bonchev–Trinajstić information content (AvgIpc) is 2.57. The summed E-state index contributed by atoms with van der Waals surface area (Å²) in [6.45, 7) is 6.99. The van der Waals surface area contributed by atoms with Gasteiger partial charge in [-0.25, -0.2) is 4.79 Å². The van der Waals surface area contributed by atoms with Crippen molar-refractivity contribution < 1.29 is 14.4 Å². The molecule has 2 rings (SSSR count). The van der Waals surface area contributed by atoms with Crippen LogP contribution in [0.5, 0.6) is 0 Å². The van der Waals surface area contributed by atoms with Gasteiger partial charge in [-0.05, 0) is 49.1 Å². The van der Waals surface area contributed by atoms with Gasteiger partial charge in [-0.1, -0.05) is 42.2 Å². The zero-order chi connectivity index (χ0) is 20.5. The number of nitrogens with one attached hydrogen (secondary N) is 1. The lowest BCUT2D eigenvalue weighted by atomic mass is 9.79. The Morgan fingerprint density at radius 3 is 2.48 bits per heavy atom. The molecular formula is C18H18Cl4N2O3. The van der Waals surface area contributed by atoms with Gasteiger partial charge in [0.1, 0.15) is 16.0 Å². The summed E-state index contributed by atoms with van der Waals surface area (Å²) in [5.41, 5.74) is 1.73. The van der Waals surface area contributed by atoms with Crippen molar-refractivity contribution in [3.05, 3.63) is 39.4 Å². The van der Waals surface area contributed by atoms with E-state index in [1.807, 2.05) is 0 Å². The number of alkyl halides is 2. The number of ketones is 1. The van der Waals surface area contributed by atoms with Crippen molar-refractivity contribution in [2.24, 2.45) is 11.1 Å². The number of aryl methyl sites for hydroxylation is 1. The molecule has 0 bridgehead atoms. The van der Waals surface area contributed by atoms with Crippen LogP contribution in [-0.4, -0.2) is 27.8 Å². The van der Waals surface area contributed by atoms with Gasteiger partial charge in [0.05, 0.1) is 10.7 Å². The van der Waals surface area contributed by atoms with Crippen molar-refractivity contribution in [2.75, 3.05) is 5.32 Å². The smallest absolute Gasteiger partial charge is 0.297 e. The summed E-state index contributed by atoms with van der Waals surface area (Å²) in [5.74, 6) is -0.563. The van der Waals surface area contributed by atoms with E-state index in [1.54, 1.807) is 33.8 Å². The Hall–Kier alpha value is -1.27. The molecule has 1 aromatic carbocycles. The minimum Gasteiger partial charge on any atom is -0.297 e. The molecule has 146 valence electrons. The molecule has 1 amide bonds. The molecule has 0 aromatic heterocycles. The van der Waals surface area contributed by atoms with Gasteiger partial charge in [0.15, 0.2) is 5.78 Å². The van der Waals surface area contributed by atoms with E-state index in [4.69, 9.17) is 51.2 Å². The number of carbonyl (C=O) groups is 2. The molecule has 0 unspecified atom stereocenters. The Morgan fingerprint density at radius 1 is 1.26 bits per heavy atom. The highest BCUT2D eigenvalue weighted by Crippen LogP contribution is 2.39. The fourth-order valence-corrected chi connectivity index (χ4v) is 3.72. The zero-order valence-electron chi connectivity index (χ0n) is 15.1. The van der Waals surface area contributed by atoms with Crippen LogP contribution in [-0.2, 0) is 9.63 Å². The van der Waals surface area contributed by atoms with E-state index < -0.39 is 16.3 Å². The van der Waals surface area contributed by atoms with Crippen molar-refractivity contribution in [2.45, 2.75) is 37.9 Å². The lowest BCUT2D eigenvalue weighted by Crippen LogP contribution is -2.52. The lowest BCUT2D eigenvalue weighted by molar-refractivity contribution is -0.118. The van der Waals surface area contributed by atoms with Gasteiger partial charge >= 0.3 is 6.09 Å². The number of oxime groups is 1. The van der Waals surface area contributed by atoms with Crippen LogP contribution in [0.1, 0.15) is 26.3 Å². The number of rotatable bonds is 3. The van der Waals surface area contributed by atoms with Gasteiger partial charge in [-0.3, -0.25) is 14.9 Å². The van der Waals surface area contributed by atoms with Crippen LogP contribution in [0.25, 0.3) is 0 Å². The highest BCUT2D eigenvalue weighted by molar-refractivity contribution is 6.51. The molecule has 0 fully saturated rings. The number of halogens is 4. The maximum Gasteiger partial charge on any atom is 0.437 e. The fraction of sp³-hybridized carbons (Fsp3) is 0.389. The van der Waals surface area contributed by atoms with E-state index in [-0.39, 0.29) is 23.1 Å². The molecule has 1 aliphatic rings. The van der Waals surface area contributed by atoms with Gasteiger partial charge in [0.2, 0.25) is 0 Å². The molecule has 1 N–H and O–H groups in total. The van der Waals surface area contributed by atoms with Gasteiger partial charge in [-0.2, -0.15) is 0 Å². The van der Waals surface area contributed by atoms with Crippen molar-refractivity contribution in [3.8, 4) is 0 Å². The first-order chi connectivity index (χ1) is 12.5. The third kappa shape index (κ3) is 4.43. The average molecular weight is 452 g/mol. The summed E-state index contributed by atoms with van der Waals surface area (Å²) in [6, 6.07) is 3.12. The molecule has 5 nitrogen and oxygen atoms in total. The van der Waals surface area contributed by atoms with Crippen LogP contribution in [0.15, 0.2) is 28.9 Å². The fourth-order valence-electron chi connectivity index (χ4n) is 2.57. The molecule has 1 aliphatic carbocycles. The summed E-state index contributed by atoms with van der Waals surface area (Å²) in [4.78, 5) is 27.9. The van der Waals surface area contributed by atoms with Crippen LogP contribution >= 0.6 is 46.4 Å². The van der Waals surface area contributed by atoms with Crippen LogP contribution in [0.4, 0.5) is 10.5 Å². The molecule has 1 aromatic rings. The first kappa shape index (κ1) is 22.0. The second-order valence-electron chi connectivity index (χ2n) is 6.54. The largest absolute Gasteiger partial charge is 0.437 e. The van der Waals surface area contributed by atoms with Crippen molar-refractivity contribution >= 4 is 69.7 Å². The number of nitrogens with zero attached hydrogens (tertiary/aromatic N) is 1. The molecule has 0 radical (unpaired) electrons. The van der Waals surface area contributed by atoms with E-state index in [1.165, 1.54) is 12.1 Å². The minimum absolute atomic E-state index is 0.211. The molecule has 2 atom stereocenters.